The number of nitrogens with one attached hydrogen (secondary N) is 1. The number of anilines is 1. The van der Waals surface area contributed by atoms with Gasteiger partial charge in [-0.1, -0.05) is 13.5 Å². The van der Waals surface area contributed by atoms with Gasteiger partial charge in [-0.05, 0) is 57.9 Å². The predicted octanol–water partition coefficient (Wildman–Crippen LogP) is 2.80. The lowest BCUT2D eigenvalue weighted by atomic mass is 9.65. The zero-order valence-electron chi connectivity index (χ0n) is 24.6. The van der Waals surface area contributed by atoms with E-state index in [1.807, 2.05) is 0 Å². The van der Waals surface area contributed by atoms with Gasteiger partial charge in [0.15, 0.2) is 6.10 Å². The van der Waals surface area contributed by atoms with E-state index < -0.39 is 63.9 Å². The van der Waals surface area contributed by atoms with Gasteiger partial charge in [0, 0.05) is 12.8 Å². The van der Waals surface area contributed by atoms with Crippen LogP contribution in [0.3, 0.4) is 0 Å². The van der Waals surface area contributed by atoms with E-state index in [4.69, 9.17) is 24.2 Å². The molecule has 42 heavy (non-hydrogen) atoms. The Morgan fingerprint density at radius 2 is 1.52 bits per heavy atom. The number of hydrogen-bond donors (Lipinski definition) is 4. The Morgan fingerprint density at radius 3 is 2.07 bits per heavy atom. The molecule has 0 radical (unpaired) electrons. The fraction of sp³-hybridized carbons (Fsp3) is 0.536. The first-order valence-electron chi connectivity index (χ1n) is 12.9. The van der Waals surface area contributed by atoms with E-state index in [1.54, 1.807) is 0 Å². The van der Waals surface area contributed by atoms with Gasteiger partial charge in [0.25, 0.3) is 0 Å². The van der Waals surface area contributed by atoms with E-state index in [1.165, 1.54) is 47.8 Å². The number of benzene rings is 1. The average molecular weight is 598 g/mol. The molecule has 14 nitrogen and oxygen atoms in total. The van der Waals surface area contributed by atoms with Crippen LogP contribution in [-0.4, -0.2) is 84.9 Å². The van der Waals surface area contributed by atoms with E-state index in [-0.39, 0.29) is 44.1 Å². The molecule has 3 atom stereocenters. The van der Waals surface area contributed by atoms with Crippen LogP contribution < -0.4 is 5.32 Å². The molecule has 0 aromatic heterocycles. The van der Waals surface area contributed by atoms with Gasteiger partial charge in [0.1, 0.15) is 31.1 Å². The van der Waals surface area contributed by atoms with Crippen molar-refractivity contribution < 1.29 is 63.3 Å². The first-order valence-corrected chi connectivity index (χ1v) is 12.9. The highest BCUT2D eigenvalue weighted by Crippen LogP contribution is 2.45. The highest BCUT2D eigenvalue weighted by atomic mass is 17.1. The topological polar surface area (TPSA) is 204 Å². The van der Waals surface area contributed by atoms with Crippen molar-refractivity contribution in [3.05, 3.63) is 35.9 Å². The Morgan fingerprint density at radius 1 is 0.952 bits per heavy atom. The number of aromatic hydroxyl groups is 1. The summed E-state index contributed by atoms with van der Waals surface area (Å²) >= 11 is 0. The summed E-state index contributed by atoms with van der Waals surface area (Å²) in [5, 5.41) is 30.1. The van der Waals surface area contributed by atoms with Crippen LogP contribution in [0.15, 0.2) is 30.4 Å². The first kappa shape index (κ1) is 36.0. The summed E-state index contributed by atoms with van der Waals surface area (Å²) in [7, 11) is 1.42. The Hall–Kier alpha value is -4.01. The lowest BCUT2D eigenvalue weighted by Gasteiger charge is -2.39. The van der Waals surface area contributed by atoms with Crippen LogP contribution in [0.5, 0.6) is 5.75 Å². The molecule has 0 heterocycles. The number of carbonyl (C=O) groups excluding carboxylic acids is 4. The van der Waals surface area contributed by atoms with Crippen LogP contribution in [-0.2, 0) is 43.0 Å². The van der Waals surface area contributed by atoms with Crippen molar-refractivity contribution in [2.24, 2.45) is 16.7 Å². The predicted molar refractivity (Wildman–Crippen MR) is 146 cm³/mol. The summed E-state index contributed by atoms with van der Waals surface area (Å²) in [6.45, 7) is 10.7. The largest absolute Gasteiger partial charge is 0.507 e. The van der Waals surface area contributed by atoms with Crippen molar-refractivity contribution in [3.63, 3.8) is 0 Å². The summed E-state index contributed by atoms with van der Waals surface area (Å²) in [6.07, 6.45) is -1.39. The smallest absolute Gasteiger partial charge is 0.339 e. The number of carbonyl (C=O) groups is 5. The van der Waals surface area contributed by atoms with Crippen LogP contribution in [0.25, 0.3) is 0 Å². The normalized spacial score (nSPS) is 14.1. The second-order valence-electron chi connectivity index (χ2n) is 10.2. The zero-order chi connectivity index (χ0) is 32.3. The van der Waals surface area contributed by atoms with E-state index >= 15 is 0 Å². The summed E-state index contributed by atoms with van der Waals surface area (Å²) in [5.41, 5.74) is -3.29. The number of carboxylic acid groups (broad SMARTS) is 1. The van der Waals surface area contributed by atoms with Gasteiger partial charge in [-0.3, -0.25) is 19.6 Å². The summed E-state index contributed by atoms with van der Waals surface area (Å²) < 4.78 is 20.3. The third kappa shape index (κ3) is 9.53. The Labute approximate surface area is 243 Å². The van der Waals surface area contributed by atoms with Gasteiger partial charge in [0.05, 0.1) is 23.4 Å². The summed E-state index contributed by atoms with van der Waals surface area (Å²) in [5.74, 6) is -5.80. The second-order valence-corrected chi connectivity index (χ2v) is 10.2. The van der Waals surface area contributed by atoms with Crippen molar-refractivity contribution in [1.82, 2.24) is 0 Å². The molecule has 1 rings (SSSR count). The molecule has 1 aromatic rings. The molecule has 0 saturated heterocycles. The van der Waals surface area contributed by atoms with Crippen LogP contribution in [0.1, 0.15) is 51.4 Å². The number of esters is 3. The van der Waals surface area contributed by atoms with Crippen LogP contribution in [0.2, 0.25) is 0 Å². The number of carboxylic acids is 1. The van der Waals surface area contributed by atoms with Crippen molar-refractivity contribution in [2.45, 2.75) is 47.1 Å². The molecule has 0 aliphatic carbocycles. The van der Waals surface area contributed by atoms with Gasteiger partial charge in [-0.2, -0.15) is 0 Å². The highest BCUT2D eigenvalue weighted by molar-refractivity contribution is 6.00. The third-order valence-corrected chi connectivity index (χ3v) is 6.62. The molecule has 1 amide bonds. The number of amides is 1. The molecule has 234 valence electrons. The number of methoxy groups -OCH3 is 1. The number of phenols is 1. The molecular formula is C28H39NO13. The van der Waals surface area contributed by atoms with E-state index in [0.29, 0.717) is 0 Å². The maximum Gasteiger partial charge on any atom is 0.339 e. The van der Waals surface area contributed by atoms with E-state index in [9.17, 15) is 34.2 Å². The van der Waals surface area contributed by atoms with Crippen molar-refractivity contribution >= 4 is 35.5 Å². The van der Waals surface area contributed by atoms with Crippen LogP contribution in [0.4, 0.5) is 5.69 Å². The minimum Gasteiger partial charge on any atom is -0.507 e. The Balaban J connectivity index is 3.13. The summed E-state index contributed by atoms with van der Waals surface area (Å²) in [6, 6.07) is 3.51. The maximum absolute atomic E-state index is 13.4. The SMILES string of the molecule is C=C(C(C)(C)C(=O)Nc1ccc(O)c(C(=O)O)c1)C(C)(CC(C)C(=O)OCCOC(=O)C(C)OO)C(=O)OCCOC. The maximum atomic E-state index is 13.4. The van der Waals surface area contributed by atoms with Crippen molar-refractivity contribution in [2.75, 3.05) is 38.9 Å². The quantitative estimate of drug-likeness (QED) is 0.0388. The molecule has 14 heteroatoms. The molecule has 4 N–H and O–H groups in total. The molecular weight excluding hydrogens is 558 g/mol. The highest BCUT2D eigenvalue weighted by Gasteiger charge is 2.48. The van der Waals surface area contributed by atoms with Gasteiger partial charge >= 0.3 is 23.9 Å². The van der Waals surface area contributed by atoms with Gasteiger partial charge in [-0.25, -0.2) is 14.5 Å². The third-order valence-electron chi connectivity index (χ3n) is 6.62. The van der Waals surface area contributed by atoms with Crippen LogP contribution in [0, 0.1) is 16.7 Å². The fourth-order valence-electron chi connectivity index (χ4n) is 3.89. The molecule has 0 saturated carbocycles. The van der Waals surface area contributed by atoms with Crippen molar-refractivity contribution in [1.29, 1.82) is 0 Å². The van der Waals surface area contributed by atoms with E-state index in [0.717, 1.165) is 12.1 Å². The number of aromatic carboxylic acids is 1. The lowest BCUT2D eigenvalue weighted by Crippen LogP contribution is -2.44. The van der Waals surface area contributed by atoms with Gasteiger partial charge in [-0.15, -0.1) is 0 Å². The molecule has 1 aromatic carbocycles. The van der Waals surface area contributed by atoms with Crippen LogP contribution >= 0.6 is 0 Å². The average Bonchev–Trinajstić information content (AvgIpc) is 2.94. The van der Waals surface area contributed by atoms with Crippen molar-refractivity contribution in [3.8, 4) is 5.75 Å². The van der Waals surface area contributed by atoms with E-state index in [2.05, 4.69) is 16.8 Å². The zero-order valence-corrected chi connectivity index (χ0v) is 24.6. The minimum absolute atomic E-state index is 0.0815. The number of rotatable bonds is 17. The standard InChI is InChI=1S/C28H39NO13/c1-16(23(33)39-12-13-40-24(34)17(2)42-37)15-28(6,26(36)41-11-10-38-7)18(3)27(4,5)25(35)29-19-8-9-21(30)20(14-19)22(31)32/h8-9,14,16-17,30,37H,3,10-13,15H2,1-2,4-7H3,(H,29,35)(H,31,32). The lowest BCUT2D eigenvalue weighted by molar-refractivity contribution is -0.273. The minimum atomic E-state index is -1.59. The Bertz CT molecular complexity index is 1160. The Kier molecular flexibility index (Phi) is 13.6. The fourth-order valence-corrected chi connectivity index (χ4v) is 3.89. The molecule has 0 aliphatic heterocycles. The molecule has 0 bridgehead atoms. The summed E-state index contributed by atoms with van der Waals surface area (Å²) in [4.78, 5) is 66.2. The molecule has 3 unspecified atom stereocenters. The molecule has 0 fully saturated rings. The number of ether oxygens (including phenoxy) is 4. The molecule has 0 aliphatic rings. The van der Waals surface area contributed by atoms with Gasteiger partial charge < -0.3 is 34.5 Å². The van der Waals surface area contributed by atoms with Gasteiger partial charge in [0.2, 0.25) is 5.91 Å². The molecule has 0 spiro atoms. The second kappa shape index (κ2) is 15.8. The monoisotopic (exact) mass is 597 g/mol. The number of hydrogen-bond acceptors (Lipinski definition) is 12. The first-order chi connectivity index (χ1) is 19.5.